The van der Waals surface area contributed by atoms with Gasteiger partial charge in [-0.3, -0.25) is 14.9 Å². The summed E-state index contributed by atoms with van der Waals surface area (Å²) in [5.41, 5.74) is 1.25. The Balaban J connectivity index is 0.000000413. The molecule has 1 saturated heterocycles. The molecule has 1 aliphatic heterocycles. The average Bonchev–Trinajstić information content (AvgIpc) is 3.33. The maximum atomic E-state index is 10.6. The first-order chi connectivity index (χ1) is 21.2. The van der Waals surface area contributed by atoms with Gasteiger partial charge in [-0.05, 0) is 49.1 Å². The first-order valence-corrected chi connectivity index (χ1v) is 12.9. The standard InChI is InChI=1S/C20H25N3O2.3C2HF3O2/c1-3-18(15-24-19-4-2-8-22-13-19)20(7-1)16-23(11-12-25-20)14-17-5-9-21-10-6-17;3*3-2(4,5)1(6)7/h2,4-6,8-10,13,18H,1,3,7,11-12,14-16H2;3*(H,6,7)/t18-,20+;;;/m0.../s1. The van der Waals surface area contributed by atoms with Crippen LogP contribution in [-0.4, -0.2) is 98.5 Å². The second kappa shape index (κ2) is 17.5. The van der Waals surface area contributed by atoms with Crippen molar-refractivity contribution in [1.82, 2.24) is 14.9 Å². The predicted octanol–water partition coefficient (Wildman–Crippen LogP) is 4.83. The van der Waals surface area contributed by atoms with Gasteiger partial charge in [-0.15, -0.1) is 0 Å². The molecule has 258 valence electrons. The maximum Gasteiger partial charge on any atom is 0.490 e. The lowest BCUT2D eigenvalue weighted by Crippen LogP contribution is -2.54. The van der Waals surface area contributed by atoms with E-state index >= 15 is 0 Å². The van der Waals surface area contributed by atoms with E-state index in [1.807, 2.05) is 24.5 Å². The number of carboxylic acids is 3. The van der Waals surface area contributed by atoms with Crippen molar-refractivity contribution >= 4 is 17.9 Å². The lowest BCUT2D eigenvalue weighted by Gasteiger charge is -2.44. The van der Waals surface area contributed by atoms with E-state index in [4.69, 9.17) is 39.2 Å². The number of aliphatic carboxylic acids is 3. The van der Waals surface area contributed by atoms with Crippen LogP contribution in [0.5, 0.6) is 5.75 Å². The predicted molar refractivity (Wildman–Crippen MR) is 136 cm³/mol. The normalized spacial score (nSPS) is 19.7. The van der Waals surface area contributed by atoms with Gasteiger partial charge in [0, 0.05) is 44.1 Å². The van der Waals surface area contributed by atoms with Gasteiger partial charge in [-0.2, -0.15) is 39.5 Å². The summed E-state index contributed by atoms with van der Waals surface area (Å²) in [6, 6.07) is 8.07. The minimum absolute atomic E-state index is 0.0620. The zero-order chi connectivity index (χ0) is 35.2. The van der Waals surface area contributed by atoms with Crippen LogP contribution in [0.2, 0.25) is 0 Å². The Hall–Kier alpha value is -4.20. The molecule has 0 amide bonds. The molecule has 1 saturated carbocycles. The quantitative estimate of drug-likeness (QED) is 0.371. The van der Waals surface area contributed by atoms with Crippen molar-refractivity contribution < 1.29 is 78.7 Å². The summed E-state index contributed by atoms with van der Waals surface area (Å²) >= 11 is 0. The number of pyridine rings is 2. The van der Waals surface area contributed by atoms with Crippen molar-refractivity contribution in [2.45, 2.75) is 49.9 Å². The minimum Gasteiger partial charge on any atom is -0.492 e. The summed E-state index contributed by atoms with van der Waals surface area (Å²) in [4.78, 5) is 37.4. The van der Waals surface area contributed by atoms with E-state index in [0.717, 1.165) is 38.4 Å². The largest absolute Gasteiger partial charge is 0.492 e. The number of rotatable bonds is 5. The summed E-state index contributed by atoms with van der Waals surface area (Å²) in [7, 11) is 0. The van der Waals surface area contributed by atoms with E-state index < -0.39 is 36.4 Å². The highest BCUT2D eigenvalue weighted by atomic mass is 19.4. The Morgan fingerprint density at radius 1 is 0.870 bits per heavy atom. The van der Waals surface area contributed by atoms with Crippen molar-refractivity contribution in [2.24, 2.45) is 5.92 Å². The van der Waals surface area contributed by atoms with E-state index in [2.05, 4.69) is 27.0 Å². The monoisotopic (exact) mass is 681 g/mol. The Labute approximate surface area is 254 Å². The molecule has 46 heavy (non-hydrogen) atoms. The van der Waals surface area contributed by atoms with Gasteiger partial charge >= 0.3 is 36.4 Å². The van der Waals surface area contributed by atoms with Crippen LogP contribution in [0, 0.1) is 5.92 Å². The van der Waals surface area contributed by atoms with E-state index in [0.29, 0.717) is 12.5 Å². The van der Waals surface area contributed by atoms with Gasteiger partial charge in [-0.25, -0.2) is 14.4 Å². The third-order valence-corrected chi connectivity index (χ3v) is 6.15. The molecule has 20 heteroatoms. The first kappa shape index (κ1) is 39.8. The number of ether oxygens (including phenoxy) is 2. The van der Waals surface area contributed by atoms with E-state index in [9.17, 15) is 39.5 Å². The molecule has 3 heterocycles. The fraction of sp³-hybridized carbons (Fsp3) is 0.500. The Bertz CT molecular complexity index is 1180. The number of aromatic nitrogens is 2. The lowest BCUT2D eigenvalue weighted by molar-refractivity contribution is -0.193. The zero-order valence-corrected chi connectivity index (χ0v) is 23.5. The molecule has 0 bridgehead atoms. The molecule has 1 spiro atoms. The van der Waals surface area contributed by atoms with Crippen LogP contribution in [0.4, 0.5) is 39.5 Å². The van der Waals surface area contributed by atoms with Crippen molar-refractivity contribution in [3.05, 3.63) is 54.6 Å². The molecule has 3 N–H and O–H groups in total. The number of halogens is 9. The van der Waals surface area contributed by atoms with Crippen LogP contribution in [0.15, 0.2) is 49.1 Å². The molecule has 2 aromatic rings. The fourth-order valence-electron chi connectivity index (χ4n) is 4.14. The van der Waals surface area contributed by atoms with Crippen LogP contribution in [0.25, 0.3) is 0 Å². The SMILES string of the molecule is O=C(O)C(F)(F)F.O=C(O)C(F)(F)F.O=C(O)C(F)(F)F.c1cncc(OC[C@@H]2CCC[C@@]23CN(Cc2ccncc2)CCO3)c1. The number of alkyl halides is 9. The number of nitrogens with zero attached hydrogens (tertiary/aromatic N) is 3. The van der Waals surface area contributed by atoms with Crippen molar-refractivity contribution in [2.75, 3.05) is 26.3 Å². The molecule has 2 aliphatic rings. The van der Waals surface area contributed by atoms with Crippen LogP contribution < -0.4 is 4.74 Å². The van der Waals surface area contributed by atoms with E-state index in [1.54, 1.807) is 12.4 Å². The summed E-state index contributed by atoms with van der Waals surface area (Å²) in [5.74, 6) is -6.99. The number of carbonyl (C=O) groups is 3. The zero-order valence-electron chi connectivity index (χ0n) is 23.5. The average molecular weight is 682 g/mol. The smallest absolute Gasteiger partial charge is 0.490 e. The first-order valence-electron chi connectivity index (χ1n) is 12.9. The molecule has 11 nitrogen and oxygen atoms in total. The topological polar surface area (TPSA) is 159 Å². The third-order valence-electron chi connectivity index (χ3n) is 6.15. The second-order valence-corrected chi connectivity index (χ2v) is 9.48. The van der Waals surface area contributed by atoms with Gasteiger partial charge in [0.05, 0.1) is 25.0 Å². The van der Waals surface area contributed by atoms with Crippen molar-refractivity contribution in [1.29, 1.82) is 0 Å². The summed E-state index contributed by atoms with van der Waals surface area (Å²) < 4.78 is 108. The van der Waals surface area contributed by atoms with Crippen LogP contribution >= 0.6 is 0 Å². The number of morpholine rings is 1. The number of hydrogen-bond acceptors (Lipinski definition) is 8. The molecule has 1 aliphatic carbocycles. The highest BCUT2D eigenvalue weighted by Crippen LogP contribution is 2.41. The Morgan fingerprint density at radius 2 is 1.39 bits per heavy atom. The number of hydrogen-bond donors (Lipinski definition) is 3. The van der Waals surface area contributed by atoms with Crippen LogP contribution in [0.3, 0.4) is 0 Å². The second-order valence-electron chi connectivity index (χ2n) is 9.48. The van der Waals surface area contributed by atoms with Gasteiger partial charge in [-0.1, -0.05) is 0 Å². The summed E-state index contributed by atoms with van der Waals surface area (Å²) in [5, 5.41) is 21.4. The molecule has 2 aromatic heterocycles. The molecular weight excluding hydrogens is 653 g/mol. The van der Waals surface area contributed by atoms with Gasteiger partial charge in [0.15, 0.2) is 0 Å². The molecule has 0 aromatic carbocycles. The van der Waals surface area contributed by atoms with Gasteiger partial charge < -0.3 is 24.8 Å². The summed E-state index contributed by atoms with van der Waals surface area (Å²) in [6.07, 6.45) is -4.46. The van der Waals surface area contributed by atoms with Gasteiger partial charge in [0.2, 0.25) is 0 Å². The third kappa shape index (κ3) is 14.7. The minimum atomic E-state index is -5.08. The Kier molecular flexibility index (Phi) is 15.1. The summed E-state index contributed by atoms with van der Waals surface area (Å²) in [6.45, 7) is 4.43. The molecule has 4 rings (SSSR count). The van der Waals surface area contributed by atoms with Crippen LogP contribution in [-0.2, 0) is 25.7 Å². The van der Waals surface area contributed by atoms with Gasteiger partial charge in [0.25, 0.3) is 0 Å². The Morgan fingerprint density at radius 3 is 1.85 bits per heavy atom. The highest BCUT2D eigenvalue weighted by molar-refractivity contribution is 5.73. The maximum absolute atomic E-state index is 10.6. The highest BCUT2D eigenvalue weighted by Gasteiger charge is 2.47. The van der Waals surface area contributed by atoms with Gasteiger partial charge in [0.1, 0.15) is 5.75 Å². The molecule has 0 unspecified atom stereocenters. The molecule has 0 radical (unpaired) electrons. The lowest BCUT2D eigenvalue weighted by atomic mass is 9.89. The number of carboxylic acid groups (broad SMARTS) is 3. The van der Waals surface area contributed by atoms with Crippen molar-refractivity contribution in [3.8, 4) is 5.75 Å². The molecule has 2 atom stereocenters. The van der Waals surface area contributed by atoms with E-state index in [-0.39, 0.29) is 5.60 Å². The molecular formula is C26H28F9N3O8. The van der Waals surface area contributed by atoms with E-state index in [1.165, 1.54) is 18.4 Å². The van der Waals surface area contributed by atoms with Crippen molar-refractivity contribution in [3.63, 3.8) is 0 Å². The molecule has 2 fully saturated rings. The fourth-order valence-corrected chi connectivity index (χ4v) is 4.14. The van der Waals surface area contributed by atoms with Crippen LogP contribution in [0.1, 0.15) is 24.8 Å².